The highest BCUT2D eigenvalue weighted by Crippen LogP contribution is 2.28. The molecule has 2 rings (SSSR count). The number of hydrogen-bond acceptors (Lipinski definition) is 7. The Bertz CT molecular complexity index is 784. The minimum atomic E-state index is -3.88. The molecule has 0 aliphatic carbocycles. The molecule has 2 aromatic rings. The Morgan fingerprint density at radius 3 is 2.71 bits per heavy atom. The summed E-state index contributed by atoms with van der Waals surface area (Å²) >= 11 is 1.03. The van der Waals surface area contributed by atoms with E-state index in [4.69, 9.17) is 10.5 Å². The second kappa shape index (κ2) is 5.70. The molecule has 1 aromatic heterocycles. The Morgan fingerprint density at radius 1 is 1.43 bits per heavy atom. The van der Waals surface area contributed by atoms with E-state index in [0.29, 0.717) is 5.69 Å². The maximum atomic E-state index is 12.3. The van der Waals surface area contributed by atoms with Crippen molar-refractivity contribution >= 4 is 38.0 Å². The summed E-state index contributed by atoms with van der Waals surface area (Å²) in [5.41, 5.74) is 6.19. The second-order valence-corrected chi connectivity index (χ2v) is 6.62. The van der Waals surface area contributed by atoms with Crippen molar-refractivity contribution in [1.82, 2.24) is 4.98 Å². The Kier molecular flexibility index (Phi) is 4.14. The van der Waals surface area contributed by atoms with Crippen LogP contribution in [0.3, 0.4) is 0 Å². The molecular formula is C12H13N3O4S2. The van der Waals surface area contributed by atoms with Gasteiger partial charge in [0.05, 0.1) is 7.11 Å². The van der Waals surface area contributed by atoms with Crippen molar-refractivity contribution in [3.8, 4) is 5.75 Å². The molecule has 112 valence electrons. The van der Waals surface area contributed by atoms with Crippen LogP contribution in [0, 0.1) is 0 Å². The fourth-order valence-electron chi connectivity index (χ4n) is 1.56. The van der Waals surface area contributed by atoms with E-state index in [0.717, 1.165) is 11.3 Å². The van der Waals surface area contributed by atoms with Crippen LogP contribution in [0.25, 0.3) is 0 Å². The van der Waals surface area contributed by atoms with E-state index in [1.165, 1.54) is 37.6 Å². The Hall–Kier alpha value is -2.13. The molecule has 0 bridgehead atoms. The van der Waals surface area contributed by atoms with E-state index in [2.05, 4.69) is 9.71 Å². The number of nitrogens with two attached hydrogens (primary N) is 1. The van der Waals surface area contributed by atoms with Gasteiger partial charge < -0.3 is 10.5 Å². The number of nitrogens with one attached hydrogen (secondary N) is 1. The van der Waals surface area contributed by atoms with Crippen molar-refractivity contribution in [2.45, 2.75) is 11.8 Å². The SMILES string of the molecule is COc1cc(N)ccc1S(=O)(=O)Nc1nc(C(C)=O)cs1. The number of ketones is 1. The van der Waals surface area contributed by atoms with Crippen molar-refractivity contribution in [1.29, 1.82) is 0 Å². The summed E-state index contributed by atoms with van der Waals surface area (Å²) in [6.45, 7) is 1.36. The average Bonchev–Trinajstić information content (AvgIpc) is 2.86. The molecule has 9 heteroatoms. The van der Waals surface area contributed by atoms with Gasteiger partial charge in [-0.05, 0) is 12.1 Å². The molecule has 1 heterocycles. The third-order valence-electron chi connectivity index (χ3n) is 2.56. The predicted octanol–water partition coefficient (Wildman–Crippen LogP) is 1.74. The monoisotopic (exact) mass is 327 g/mol. The zero-order valence-corrected chi connectivity index (χ0v) is 12.9. The van der Waals surface area contributed by atoms with Crippen LogP contribution >= 0.6 is 11.3 Å². The Labute approximate surface area is 125 Å². The van der Waals surface area contributed by atoms with Gasteiger partial charge in [0.1, 0.15) is 16.3 Å². The first-order valence-corrected chi connectivity index (χ1v) is 8.12. The molecule has 0 fully saturated rings. The smallest absolute Gasteiger partial charge is 0.267 e. The lowest BCUT2D eigenvalue weighted by molar-refractivity contribution is 0.101. The van der Waals surface area contributed by atoms with Crippen molar-refractivity contribution in [3.63, 3.8) is 0 Å². The number of Topliss-reactive ketones (excluding diaryl/α,β-unsaturated/α-hetero) is 1. The van der Waals surface area contributed by atoms with Gasteiger partial charge in [0.2, 0.25) is 0 Å². The maximum absolute atomic E-state index is 12.3. The van der Waals surface area contributed by atoms with Crippen LogP contribution in [-0.4, -0.2) is 26.3 Å². The number of nitrogens with zero attached hydrogens (tertiary/aromatic N) is 1. The van der Waals surface area contributed by atoms with Crippen molar-refractivity contribution in [2.24, 2.45) is 0 Å². The number of carbonyl (C=O) groups excluding carboxylic acids is 1. The summed E-state index contributed by atoms with van der Waals surface area (Å²) in [5, 5.41) is 1.60. The number of hydrogen-bond donors (Lipinski definition) is 2. The van der Waals surface area contributed by atoms with Crippen LogP contribution in [0.1, 0.15) is 17.4 Å². The average molecular weight is 327 g/mol. The third kappa shape index (κ3) is 3.31. The highest BCUT2D eigenvalue weighted by Gasteiger charge is 2.21. The molecular weight excluding hydrogens is 314 g/mol. The van der Waals surface area contributed by atoms with Gasteiger partial charge in [-0.3, -0.25) is 9.52 Å². The quantitative estimate of drug-likeness (QED) is 0.639. The van der Waals surface area contributed by atoms with Crippen LogP contribution in [0.15, 0.2) is 28.5 Å². The normalized spacial score (nSPS) is 11.1. The first-order chi connectivity index (χ1) is 9.83. The molecule has 0 aliphatic heterocycles. The van der Waals surface area contributed by atoms with Gasteiger partial charge in [0.25, 0.3) is 10.0 Å². The van der Waals surface area contributed by atoms with E-state index in [9.17, 15) is 13.2 Å². The van der Waals surface area contributed by atoms with Gasteiger partial charge in [-0.15, -0.1) is 11.3 Å². The molecule has 0 aliphatic rings. The summed E-state index contributed by atoms with van der Waals surface area (Å²) in [7, 11) is -2.53. The fourth-order valence-corrected chi connectivity index (χ4v) is 3.71. The van der Waals surface area contributed by atoms with Crippen LogP contribution in [0.2, 0.25) is 0 Å². The summed E-state index contributed by atoms with van der Waals surface area (Å²) in [6.07, 6.45) is 0. The molecule has 0 amide bonds. The molecule has 3 N–H and O–H groups in total. The number of benzene rings is 1. The van der Waals surface area contributed by atoms with E-state index < -0.39 is 10.0 Å². The highest BCUT2D eigenvalue weighted by atomic mass is 32.2. The molecule has 0 saturated carbocycles. The minimum Gasteiger partial charge on any atom is -0.495 e. The minimum absolute atomic E-state index is 0.0567. The number of methoxy groups -OCH3 is 1. The van der Waals surface area contributed by atoms with Gasteiger partial charge in [0, 0.05) is 24.1 Å². The molecule has 0 radical (unpaired) electrons. The highest BCUT2D eigenvalue weighted by molar-refractivity contribution is 7.93. The Morgan fingerprint density at radius 2 is 2.14 bits per heavy atom. The third-order valence-corrected chi connectivity index (χ3v) is 4.83. The molecule has 0 unspecified atom stereocenters. The molecule has 0 spiro atoms. The summed E-state index contributed by atoms with van der Waals surface area (Å²) in [4.78, 5) is 15.0. The molecule has 7 nitrogen and oxygen atoms in total. The van der Waals surface area contributed by atoms with E-state index in [-0.39, 0.29) is 27.3 Å². The van der Waals surface area contributed by atoms with Gasteiger partial charge in [-0.25, -0.2) is 13.4 Å². The number of anilines is 2. The number of thiazole rings is 1. The zero-order chi connectivity index (χ0) is 15.6. The zero-order valence-electron chi connectivity index (χ0n) is 11.3. The van der Waals surface area contributed by atoms with Crippen molar-refractivity contribution in [2.75, 3.05) is 17.6 Å². The molecule has 0 saturated heterocycles. The van der Waals surface area contributed by atoms with E-state index >= 15 is 0 Å². The molecule has 0 atom stereocenters. The van der Waals surface area contributed by atoms with E-state index in [1.54, 1.807) is 0 Å². The number of sulfonamides is 1. The lowest BCUT2D eigenvalue weighted by atomic mass is 10.3. The summed E-state index contributed by atoms with van der Waals surface area (Å²) in [6, 6.07) is 4.22. The number of carbonyl (C=O) groups is 1. The largest absolute Gasteiger partial charge is 0.495 e. The summed E-state index contributed by atoms with van der Waals surface area (Å²) in [5.74, 6) is -0.104. The van der Waals surface area contributed by atoms with Gasteiger partial charge in [-0.2, -0.15) is 0 Å². The number of aromatic nitrogens is 1. The van der Waals surface area contributed by atoms with Crippen LogP contribution in [0.4, 0.5) is 10.8 Å². The first kappa shape index (κ1) is 15.3. The lowest BCUT2D eigenvalue weighted by Crippen LogP contribution is -2.14. The van der Waals surface area contributed by atoms with Crippen LogP contribution < -0.4 is 15.2 Å². The van der Waals surface area contributed by atoms with Crippen LogP contribution in [-0.2, 0) is 10.0 Å². The van der Waals surface area contributed by atoms with Crippen LogP contribution in [0.5, 0.6) is 5.75 Å². The van der Waals surface area contributed by atoms with Gasteiger partial charge >= 0.3 is 0 Å². The fraction of sp³-hybridized carbons (Fsp3) is 0.167. The molecule has 1 aromatic carbocycles. The van der Waals surface area contributed by atoms with E-state index in [1.807, 2.05) is 0 Å². The topological polar surface area (TPSA) is 111 Å². The molecule has 21 heavy (non-hydrogen) atoms. The first-order valence-electron chi connectivity index (χ1n) is 5.76. The summed E-state index contributed by atoms with van der Waals surface area (Å²) < 4.78 is 32.0. The second-order valence-electron chi connectivity index (χ2n) is 4.11. The van der Waals surface area contributed by atoms with Crippen molar-refractivity contribution in [3.05, 3.63) is 29.3 Å². The predicted molar refractivity (Wildman–Crippen MR) is 80.3 cm³/mol. The van der Waals surface area contributed by atoms with Gasteiger partial charge in [-0.1, -0.05) is 0 Å². The lowest BCUT2D eigenvalue weighted by Gasteiger charge is -2.10. The standard InChI is InChI=1S/C12H13N3O4S2/c1-7(16)9-6-20-12(14-9)15-21(17,18)11-4-3-8(13)5-10(11)19-2/h3-6H,13H2,1-2H3,(H,14,15). The number of nitrogen functional groups attached to an aromatic ring is 1. The number of rotatable bonds is 5. The maximum Gasteiger partial charge on any atom is 0.267 e. The van der Waals surface area contributed by atoms with Gasteiger partial charge in [0.15, 0.2) is 10.9 Å². The Balaban J connectivity index is 2.35. The number of ether oxygens (including phenoxy) is 1. The van der Waals surface area contributed by atoms with Crippen molar-refractivity contribution < 1.29 is 17.9 Å².